The van der Waals surface area contributed by atoms with Gasteiger partial charge in [0.05, 0.1) is 18.9 Å². The molecule has 7 nitrogen and oxygen atoms in total. The molecule has 1 aromatic rings. The number of sulfone groups is 1. The molecule has 0 atom stereocenters. The number of aryl methyl sites for hydroxylation is 1. The Morgan fingerprint density at radius 3 is 2.35 bits per heavy atom. The van der Waals surface area contributed by atoms with E-state index in [1.807, 2.05) is 0 Å². The summed E-state index contributed by atoms with van der Waals surface area (Å²) in [5, 5.41) is 3.71. The van der Waals surface area contributed by atoms with Gasteiger partial charge in [0.15, 0.2) is 9.84 Å². The van der Waals surface area contributed by atoms with Crippen molar-refractivity contribution in [3.8, 4) is 0 Å². The molecule has 0 saturated heterocycles. The van der Waals surface area contributed by atoms with Gasteiger partial charge in [-0.3, -0.25) is 4.68 Å². The molecule has 0 spiro atoms. The van der Waals surface area contributed by atoms with Crippen LogP contribution in [0.1, 0.15) is 12.6 Å². The molecule has 11 heteroatoms. The molecule has 20 heavy (non-hydrogen) atoms. The smallest absolute Gasteiger partial charge is 0.266 e. The lowest BCUT2D eigenvalue weighted by Crippen LogP contribution is -2.15. The van der Waals surface area contributed by atoms with E-state index in [1.165, 1.54) is 14.0 Å². The van der Waals surface area contributed by atoms with Crippen molar-refractivity contribution in [2.75, 3.05) is 18.6 Å². The van der Waals surface area contributed by atoms with Crippen LogP contribution in [0.5, 0.6) is 0 Å². The summed E-state index contributed by atoms with van der Waals surface area (Å²) in [6.45, 7) is 1.36. The Bertz CT molecular complexity index is 681. The number of rotatable bonds is 7. The first kappa shape index (κ1) is 17.7. The second-order valence-electron chi connectivity index (χ2n) is 3.90. The first-order valence-corrected chi connectivity index (χ1v) is 10.0. The molecule has 0 N–H and O–H groups in total. The maximum atomic E-state index is 11.5. The van der Waals surface area contributed by atoms with Gasteiger partial charge in [-0.2, -0.15) is 5.10 Å². The van der Waals surface area contributed by atoms with Gasteiger partial charge in [0.1, 0.15) is 15.7 Å². The van der Waals surface area contributed by atoms with Gasteiger partial charge >= 0.3 is 0 Å². The lowest BCUT2D eigenvalue weighted by Gasteiger charge is -2.03. The first-order valence-electron chi connectivity index (χ1n) is 5.51. The van der Waals surface area contributed by atoms with Crippen molar-refractivity contribution >= 4 is 41.2 Å². The van der Waals surface area contributed by atoms with Crippen molar-refractivity contribution in [2.24, 2.45) is 0 Å². The molecular weight excluding hydrogens is 351 g/mol. The number of aromatic nitrogens is 2. The minimum atomic E-state index is -4.10. The Morgan fingerprint density at radius 1 is 1.30 bits per heavy atom. The standard InChI is InChI=1S/C9H14Cl2N2O5S2/c1-3-19(14,15)5-4-13-9(10)8(20(11,16)17)7(12-13)6-18-2/h3-6H2,1-2H3. The fourth-order valence-corrected chi connectivity index (χ4v) is 4.03. The summed E-state index contributed by atoms with van der Waals surface area (Å²) < 4.78 is 51.8. The Morgan fingerprint density at radius 2 is 1.90 bits per heavy atom. The molecular formula is C9H14Cl2N2O5S2. The van der Waals surface area contributed by atoms with E-state index >= 15 is 0 Å². The molecule has 0 aliphatic heterocycles. The topological polar surface area (TPSA) is 95.3 Å². The van der Waals surface area contributed by atoms with Crippen LogP contribution in [0.3, 0.4) is 0 Å². The van der Waals surface area contributed by atoms with Crippen LogP contribution in [-0.2, 0) is 36.8 Å². The van der Waals surface area contributed by atoms with Gasteiger partial charge in [0.2, 0.25) is 0 Å². The van der Waals surface area contributed by atoms with E-state index < -0.39 is 18.9 Å². The van der Waals surface area contributed by atoms with E-state index in [1.54, 1.807) is 0 Å². The predicted octanol–water partition coefficient (Wildman–Crippen LogP) is 1.05. The fourth-order valence-electron chi connectivity index (χ4n) is 1.46. The zero-order valence-electron chi connectivity index (χ0n) is 10.8. The van der Waals surface area contributed by atoms with Crippen LogP contribution in [-0.4, -0.2) is 45.2 Å². The molecule has 1 heterocycles. The highest BCUT2D eigenvalue weighted by molar-refractivity contribution is 8.13. The predicted molar refractivity (Wildman–Crippen MR) is 75.3 cm³/mol. The summed E-state index contributed by atoms with van der Waals surface area (Å²) in [5.74, 6) is -0.212. The van der Waals surface area contributed by atoms with Gasteiger partial charge in [-0.1, -0.05) is 18.5 Å². The first-order chi connectivity index (χ1) is 9.12. The van der Waals surface area contributed by atoms with Crippen molar-refractivity contribution in [2.45, 2.75) is 25.0 Å². The second kappa shape index (κ2) is 6.61. The maximum absolute atomic E-state index is 11.5. The highest BCUT2D eigenvalue weighted by Gasteiger charge is 2.26. The number of halogens is 2. The zero-order valence-corrected chi connectivity index (χ0v) is 14.0. The highest BCUT2D eigenvalue weighted by Crippen LogP contribution is 2.28. The number of nitrogens with zero attached hydrogens (tertiary/aromatic N) is 2. The van der Waals surface area contributed by atoms with E-state index in [0.717, 1.165) is 4.68 Å². The lowest BCUT2D eigenvalue weighted by atomic mass is 10.5. The van der Waals surface area contributed by atoms with Crippen molar-refractivity contribution in [1.82, 2.24) is 9.78 Å². The number of methoxy groups -OCH3 is 1. The molecule has 1 rings (SSSR count). The van der Waals surface area contributed by atoms with E-state index in [9.17, 15) is 16.8 Å². The molecule has 0 radical (unpaired) electrons. The largest absolute Gasteiger partial charge is 0.378 e. The molecule has 0 aliphatic rings. The van der Waals surface area contributed by atoms with E-state index in [2.05, 4.69) is 5.10 Å². The van der Waals surface area contributed by atoms with Gasteiger partial charge in [-0.05, 0) is 0 Å². The number of ether oxygens (including phenoxy) is 1. The van der Waals surface area contributed by atoms with Gasteiger partial charge in [0, 0.05) is 23.5 Å². The fraction of sp³-hybridized carbons (Fsp3) is 0.667. The molecule has 1 aromatic heterocycles. The van der Waals surface area contributed by atoms with Crippen LogP contribution >= 0.6 is 22.3 Å². The third-order valence-corrected chi connectivity index (χ3v) is 6.06. The van der Waals surface area contributed by atoms with Crippen LogP contribution in [0.25, 0.3) is 0 Å². The Kier molecular flexibility index (Phi) is 5.85. The van der Waals surface area contributed by atoms with Crippen molar-refractivity contribution < 1.29 is 21.6 Å². The molecule has 0 unspecified atom stereocenters. The Hall–Kier alpha value is -0.350. The van der Waals surface area contributed by atoms with E-state index in [-0.39, 0.29) is 40.4 Å². The van der Waals surface area contributed by atoms with Gasteiger partial charge in [-0.25, -0.2) is 16.8 Å². The van der Waals surface area contributed by atoms with Crippen molar-refractivity contribution in [3.05, 3.63) is 10.8 Å². The maximum Gasteiger partial charge on any atom is 0.266 e. The molecule has 0 saturated carbocycles. The second-order valence-corrected chi connectivity index (χ2v) is 9.23. The minimum absolute atomic E-state index is 0.0164. The molecule has 0 aliphatic carbocycles. The Balaban J connectivity index is 3.17. The van der Waals surface area contributed by atoms with Crippen LogP contribution in [0.4, 0.5) is 0 Å². The Labute approximate surface area is 127 Å². The molecule has 0 aromatic carbocycles. The van der Waals surface area contributed by atoms with Crippen LogP contribution in [0.15, 0.2) is 4.90 Å². The molecule has 116 valence electrons. The summed E-state index contributed by atoms with van der Waals surface area (Å²) in [6, 6.07) is 0. The average Bonchev–Trinajstić information content (AvgIpc) is 2.63. The van der Waals surface area contributed by atoms with Gasteiger partial charge in [-0.15, -0.1) is 0 Å². The third kappa shape index (κ3) is 4.32. The molecule has 0 fully saturated rings. The SMILES string of the molecule is CCS(=O)(=O)CCn1nc(COC)c(S(=O)(=O)Cl)c1Cl. The summed E-state index contributed by atoms with van der Waals surface area (Å²) >= 11 is 5.91. The lowest BCUT2D eigenvalue weighted by molar-refractivity contribution is 0.178. The summed E-state index contributed by atoms with van der Waals surface area (Å²) in [7, 11) is -0.660. The van der Waals surface area contributed by atoms with Crippen LogP contribution < -0.4 is 0 Å². The third-order valence-electron chi connectivity index (χ3n) is 2.50. The summed E-state index contributed by atoms with van der Waals surface area (Å²) in [4.78, 5) is -0.350. The van der Waals surface area contributed by atoms with Gasteiger partial charge < -0.3 is 4.74 Å². The quantitative estimate of drug-likeness (QED) is 0.670. The summed E-state index contributed by atoms with van der Waals surface area (Å²) in [6.07, 6.45) is 0. The average molecular weight is 365 g/mol. The van der Waals surface area contributed by atoms with Crippen LogP contribution in [0.2, 0.25) is 5.15 Å². The molecule has 0 bridgehead atoms. The van der Waals surface area contributed by atoms with E-state index in [4.69, 9.17) is 27.0 Å². The zero-order chi connectivity index (χ0) is 15.6. The normalized spacial score (nSPS) is 12.8. The number of hydrogen-bond donors (Lipinski definition) is 0. The van der Waals surface area contributed by atoms with Crippen LogP contribution in [0, 0.1) is 0 Å². The monoisotopic (exact) mass is 364 g/mol. The van der Waals surface area contributed by atoms with Crippen molar-refractivity contribution in [1.29, 1.82) is 0 Å². The minimum Gasteiger partial charge on any atom is -0.378 e. The number of hydrogen-bond acceptors (Lipinski definition) is 6. The molecule has 0 amide bonds. The summed E-state index contributed by atoms with van der Waals surface area (Å²) in [5.41, 5.74) is 0.0430. The van der Waals surface area contributed by atoms with E-state index in [0.29, 0.717) is 0 Å². The van der Waals surface area contributed by atoms with Gasteiger partial charge in [0.25, 0.3) is 9.05 Å². The highest BCUT2D eigenvalue weighted by atomic mass is 35.7. The van der Waals surface area contributed by atoms with Crippen molar-refractivity contribution in [3.63, 3.8) is 0 Å².